The minimum absolute atomic E-state index is 0.0710. The maximum atomic E-state index is 12.6. The molecule has 5 nitrogen and oxygen atoms in total. The summed E-state index contributed by atoms with van der Waals surface area (Å²) in [6.45, 7) is 4.41. The molecule has 29 heavy (non-hydrogen) atoms. The molecule has 5 heteroatoms. The molecule has 0 atom stereocenters. The lowest BCUT2D eigenvalue weighted by Crippen LogP contribution is -2.22. The number of imidazole rings is 1. The van der Waals surface area contributed by atoms with Crippen LogP contribution in [0.4, 0.5) is 0 Å². The first kappa shape index (κ1) is 19.5. The van der Waals surface area contributed by atoms with Crippen LogP contribution in [-0.2, 0) is 19.5 Å². The van der Waals surface area contributed by atoms with Gasteiger partial charge in [-0.3, -0.25) is 4.79 Å². The van der Waals surface area contributed by atoms with Crippen LogP contribution in [0.2, 0.25) is 0 Å². The van der Waals surface area contributed by atoms with Crippen LogP contribution in [0.15, 0.2) is 42.5 Å². The van der Waals surface area contributed by atoms with Gasteiger partial charge in [-0.25, -0.2) is 4.98 Å². The van der Waals surface area contributed by atoms with E-state index in [0.717, 1.165) is 60.6 Å². The Hall–Kier alpha value is -2.82. The fraction of sp³-hybridized carbons (Fsp3) is 0.417. The van der Waals surface area contributed by atoms with Crippen LogP contribution in [-0.4, -0.2) is 22.1 Å². The van der Waals surface area contributed by atoms with Crippen molar-refractivity contribution in [2.45, 2.75) is 58.5 Å². The fourth-order valence-corrected chi connectivity index (χ4v) is 3.81. The predicted octanol–water partition coefficient (Wildman–Crippen LogP) is 4.87. The molecular weight excluding hydrogens is 362 g/mol. The largest absolute Gasteiger partial charge is 0.494 e. The predicted molar refractivity (Wildman–Crippen MR) is 115 cm³/mol. The first-order valence-electron chi connectivity index (χ1n) is 10.7. The average molecular weight is 392 g/mol. The van der Waals surface area contributed by atoms with E-state index in [1.807, 2.05) is 42.5 Å². The van der Waals surface area contributed by atoms with Crippen molar-refractivity contribution in [1.29, 1.82) is 0 Å². The second kappa shape index (κ2) is 9.12. The number of ether oxygens (including phenoxy) is 1. The number of carbonyl (C=O) groups is 1. The minimum atomic E-state index is -0.0710. The third-order valence-electron chi connectivity index (χ3n) is 5.51. The number of hydrogen-bond donors (Lipinski definition) is 1. The minimum Gasteiger partial charge on any atom is -0.494 e. The number of aromatic nitrogens is 2. The fourth-order valence-electron chi connectivity index (χ4n) is 3.81. The van der Waals surface area contributed by atoms with Crippen molar-refractivity contribution in [2.24, 2.45) is 0 Å². The van der Waals surface area contributed by atoms with Crippen molar-refractivity contribution < 1.29 is 9.53 Å². The average Bonchev–Trinajstić information content (AvgIpc) is 2.92. The van der Waals surface area contributed by atoms with Crippen LogP contribution in [0, 0.1) is 0 Å². The van der Waals surface area contributed by atoms with Gasteiger partial charge in [0.15, 0.2) is 0 Å². The van der Waals surface area contributed by atoms with E-state index in [2.05, 4.69) is 16.8 Å². The number of rotatable bonds is 7. The van der Waals surface area contributed by atoms with Gasteiger partial charge in [0.1, 0.15) is 11.6 Å². The van der Waals surface area contributed by atoms with E-state index < -0.39 is 0 Å². The summed E-state index contributed by atoms with van der Waals surface area (Å²) in [5.74, 6) is 1.95. The molecule has 0 bridgehead atoms. The van der Waals surface area contributed by atoms with Gasteiger partial charge < -0.3 is 14.6 Å². The summed E-state index contributed by atoms with van der Waals surface area (Å²) in [5, 5.41) is 3.01. The van der Waals surface area contributed by atoms with E-state index >= 15 is 0 Å². The molecule has 0 aliphatic carbocycles. The summed E-state index contributed by atoms with van der Waals surface area (Å²) >= 11 is 0. The Balaban J connectivity index is 1.39. The van der Waals surface area contributed by atoms with Gasteiger partial charge in [-0.2, -0.15) is 0 Å². The highest BCUT2D eigenvalue weighted by atomic mass is 16.5. The van der Waals surface area contributed by atoms with E-state index in [-0.39, 0.29) is 5.91 Å². The SMILES string of the molecule is CCCCOc1ccc(CNC(=O)c2ccc3c(c2)nc2n3CCCCC2)cc1. The summed E-state index contributed by atoms with van der Waals surface area (Å²) in [5.41, 5.74) is 3.77. The van der Waals surface area contributed by atoms with Gasteiger partial charge in [-0.15, -0.1) is 0 Å². The zero-order valence-corrected chi connectivity index (χ0v) is 17.1. The van der Waals surface area contributed by atoms with Crippen LogP contribution in [0.5, 0.6) is 5.75 Å². The quantitative estimate of drug-likeness (QED) is 0.585. The number of unbranched alkanes of at least 4 members (excludes halogenated alkanes) is 1. The second-order valence-corrected chi connectivity index (χ2v) is 7.72. The standard InChI is InChI=1S/C24H29N3O2/c1-2-3-15-29-20-11-8-18(9-12-20)17-25-24(28)19-10-13-22-21(16-19)26-23-7-5-4-6-14-27(22)23/h8-13,16H,2-7,14-15,17H2,1H3,(H,25,28). The first-order valence-corrected chi connectivity index (χ1v) is 10.7. The first-order chi connectivity index (χ1) is 14.2. The van der Waals surface area contributed by atoms with Gasteiger partial charge in [0.2, 0.25) is 0 Å². The van der Waals surface area contributed by atoms with Gasteiger partial charge >= 0.3 is 0 Å². The molecule has 2 heterocycles. The van der Waals surface area contributed by atoms with Crippen LogP contribution in [0.3, 0.4) is 0 Å². The molecule has 2 aromatic carbocycles. The van der Waals surface area contributed by atoms with Crippen molar-refractivity contribution in [2.75, 3.05) is 6.61 Å². The molecule has 0 saturated heterocycles. The van der Waals surface area contributed by atoms with E-state index in [4.69, 9.17) is 9.72 Å². The van der Waals surface area contributed by atoms with E-state index in [9.17, 15) is 4.79 Å². The van der Waals surface area contributed by atoms with E-state index in [1.165, 1.54) is 19.3 Å². The molecule has 1 N–H and O–H groups in total. The van der Waals surface area contributed by atoms with Crippen LogP contribution < -0.4 is 10.1 Å². The van der Waals surface area contributed by atoms with Gasteiger partial charge in [0, 0.05) is 25.1 Å². The summed E-state index contributed by atoms with van der Waals surface area (Å²) in [6.07, 6.45) is 6.85. The van der Waals surface area contributed by atoms with Gasteiger partial charge in [-0.05, 0) is 55.2 Å². The molecule has 1 aromatic heterocycles. The number of amides is 1. The van der Waals surface area contributed by atoms with Gasteiger partial charge in [0.05, 0.1) is 17.6 Å². The zero-order valence-electron chi connectivity index (χ0n) is 17.1. The molecule has 1 amide bonds. The number of aryl methyl sites for hydroxylation is 2. The third kappa shape index (κ3) is 4.61. The van der Waals surface area contributed by atoms with Crippen molar-refractivity contribution in [1.82, 2.24) is 14.9 Å². The van der Waals surface area contributed by atoms with Crippen LogP contribution >= 0.6 is 0 Å². The number of fused-ring (bicyclic) bond motifs is 3. The van der Waals surface area contributed by atoms with Crippen LogP contribution in [0.25, 0.3) is 11.0 Å². The number of nitrogens with one attached hydrogen (secondary N) is 1. The van der Waals surface area contributed by atoms with Crippen molar-refractivity contribution in [3.05, 3.63) is 59.4 Å². The highest BCUT2D eigenvalue weighted by molar-refractivity contribution is 5.97. The lowest BCUT2D eigenvalue weighted by Gasteiger charge is -2.08. The topological polar surface area (TPSA) is 56.1 Å². The zero-order chi connectivity index (χ0) is 20.1. The lowest BCUT2D eigenvalue weighted by molar-refractivity contribution is 0.0951. The molecule has 0 spiro atoms. The molecule has 152 valence electrons. The van der Waals surface area contributed by atoms with E-state index in [0.29, 0.717) is 12.1 Å². The smallest absolute Gasteiger partial charge is 0.251 e. The highest BCUT2D eigenvalue weighted by Gasteiger charge is 2.15. The number of hydrogen-bond acceptors (Lipinski definition) is 3. The van der Waals surface area contributed by atoms with Crippen LogP contribution in [0.1, 0.15) is 60.8 Å². The molecule has 1 aliphatic heterocycles. The summed E-state index contributed by atoms with van der Waals surface area (Å²) in [4.78, 5) is 17.4. The second-order valence-electron chi connectivity index (χ2n) is 7.72. The Morgan fingerprint density at radius 2 is 2.00 bits per heavy atom. The molecule has 0 saturated carbocycles. The monoisotopic (exact) mass is 391 g/mol. The van der Waals surface area contributed by atoms with Gasteiger partial charge in [0.25, 0.3) is 5.91 Å². The lowest BCUT2D eigenvalue weighted by atomic mass is 10.1. The molecule has 0 radical (unpaired) electrons. The molecule has 4 rings (SSSR count). The summed E-state index contributed by atoms with van der Waals surface area (Å²) in [7, 11) is 0. The number of carbonyl (C=O) groups excluding carboxylic acids is 1. The summed E-state index contributed by atoms with van der Waals surface area (Å²) in [6, 6.07) is 13.8. The molecular formula is C24H29N3O2. The molecule has 0 fully saturated rings. The Labute approximate surface area is 172 Å². The van der Waals surface area contributed by atoms with E-state index in [1.54, 1.807) is 0 Å². The molecule has 1 aliphatic rings. The summed E-state index contributed by atoms with van der Waals surface area (Å²) < 4.78 is 8.00. The van der Waals surface area contributed by atoms with Crippen molar-refractivity contribution in [3.8, 4) is 5.75 Å². The Bertz CT molecular complexity index is 976. The highest BCUT2D eigenvalue weighted by Crippen LogP contribution is 2.23. The maximum Gasteiger partial charge on any atom is 0.251 e. The molecule has 0 unspecified atom stereocenters. The normalized spacial score (nSPS) is 13.7. The Morgan fingerprint density at radius 3 is 2.83 bits per heavy atom. The van der Waals surface area contributed by atoms with Crippen molar-refractivity contribution >= 4 is 16.9 Å². The Kier molecular flexibility index (Phi) is 6.13. The Morgan fingerprint density at radius 1 is 1.14 bits per heavy atom. The van der Waals surface area contributed by atoms with Crippen molar-refractivity contribution in [3.63, 3.8) is 0 Å². The number of nitrogens with zero attached hydrogens (tertiary/aromatic N) is 2. The van der Waals surface area contributed by atoms with Gasteiger partial charge in [-0.1, -0.05) is 31.9 Å². The maximum absolute atomic E-state index is 12.6. The number of benzene rings is 2. The molecule has 3 aromatic rings. The third-order valence-corrected chi connectivity index (χ3v) is 5.51.